The Kier molecular flexibility index (Phi) is 7.68. The topological polar surface area (TPSA) is 54.4 Å². The lowest BCUT2D eigenvalue weighted by Crippen LogP contribution is -2.49. The zero-order valence-electron chi connectivity index (χ0n) is 19.4. The van der Waals surface area contributed by atoms with E-state index in [1.165, 1.54) is 5.69 Å². The number of rotatable bonds is 8. The van der Waals surface area contributed by atoms with Crippen LogP contribution in [0.3, 0.4) is 0 Å². The molecule has 31 heavy (non-hydrogen) atoms. The Bertz CT molecular complexity index is 824. The monoisotopic (exact) mass is 428 g/mol. The lowest BCUT2D eigenvalue weighted by atomic mass is 9.86. The minimum atomic E-state index is -0.539. The lowest BCUT2D eigenvalue weighted by Gasteiger charge is -2.37. The first-order valence-electron chi connectivity index (χ1n) is 10.9. The minimum Gasteiger partial charge on any atom is -0.497 e. The van der Waals surface area contributed by atoms with Gasteiger partial charge in [-0.3, -0.25) is 4.90 Å². The van der Waals surface area contributed by atoms with Gasteiger partial charge in [-0.15, -0.1) is 0 Å². The second-order valence-electron chi connectivity index (χ2n) is 9.06. The second kappa shape index (κ2) is 10.2. The molecule has 1 saturated heterocycles. The van der Waals surface area contributed by atoms with E-state index < -0.39 is 6.10 Å². The predicted molar refractivity (Wildman–Crippen MR) is 125 cm³/mol. The van der Waals surface area contributed by atoms with Crippen LogP contribution in [-0.2, 0) is 5.41 Å². The molecule has 1 heterocycles. The number of methoxy groups -OCH3 is 2. The summed E-state index contributed by atoms with van der Waals surface area (Å²) in [5, 5.41) is 10.6. The van der Waals surface area contributed by atoms with Crippen LogP contribution in [0.25, 0.3) is 0 Å². The van der Waals surface area contributed by atoms with Crippen LogP contribution in [0.15, 0.2) is 42.5 Å². The van der Waals surface area contributed by atoms with E-state index in [0.29, 0.717) is 6.54 Å². The fraction of sp³-hybridized carbons (Fsp3) is 0.520. The molecule has 2 aromatic carbocycles. The molecule has 1 N–H and O–H groups in total. The maximum Gasteiger partial charge on any atom is 0.123 e. The van der Waals surface area contributed by atoms with Crippen molar-refractivity contribution >= 4 is 5.69 Å². The zero-order chi connectivity index (χ0) is 22.4. The fourth-order valence-corrected chi connectivity index (χ4v) is 3.87. The summed E-state index contributed by atoms with van der Waals surface area (Å²) in [5.41, 5.74) is 2.21. The molecule has 1 aliphatic heterocycles. The maximum absolute atomic E-state index is 10.6. The molecule has 170 valence electrons. The largest absolute Gasteiger partial charge is 0.497 e. The van der Waals surface area contributed by atoms with Crippen LogP contribution in [0.5, 0.6) is 17.2 Å². The Morgan fingerprint density at radius 1 is 0.903 bits per heavy atom. The highest BCUT2D eigenvalue weighted by molar-refractivity contribution is 5.49. The van der Waals surface area contributed by atoms with Crippen LogP contribution in [0, 0.1) is 0 Å². The summed E-state index contributed by atoms with van der Waals surface area (Å²) in [6, 6.07) is 14.0. The van der Waals surface area contributed by atoms with Crippen molar-refractivity contribution in [2.24, 2.45) is 0 Å². The van der Waals surface area contributed by atoms with Gasteiger partial charge in [0.1, 0.15) is 30.0 Å². The minimum absolute atomic E-state index is 0.0768. The van der Waals surface area contributed by atoms with Gasteiger partial charge < -0.3 is 24.2 Å². The van der Waals surface area contributed by atoms with Gasteiger partial charge in [0.2, 0.25) is 0 Å². The molecule has 0 aliphatic carbocycles. The van der Waals surface area contributed by atoms with Crippen molar-refractivity contribution in [3.05, 3.63) is 48.0 Å². The average Bonchev–Trinajstić information content (AvgIpc) is 2.77. The lowest BCUT2D eigenvalue weighted by molar-refractivity contribution is 0.0656. The van der Waals surface area contributed by atoms with Crippen molar-refractivity contribution < 1.29 is 19.3 Å². The highest BCUT2D eigenvalue weighted by atomic mass is 16.5. The first-order chi connectivity index (χ1) is 14.8. The summed E-state index contributed by atoms with van der Waals surface area (Å²) in [4.78, 5) is 4.67. The highest BCUT2D eigenvalue weighted by Crippen LogP contribution is 2.34. The first-order valence-corrected chi connectivity index (χ1v) is 10.9. The first kappa shape index (κ1) is 23.2. The van der Waals surface area contributed by atoms with Gasteiger partial charge in [0, 0.05) is 44.0 Å². The summed E-state index contributed by atoms with van der Waals surface area (Å²) in [6.45, 7) is 11.0. The SMILES string of the molecule is COc1ccc(N2CCN(C[C@H](O)COc3ccc(OC)cc3C(C)(C)C)CC2)cc1. The third kappa shape index (κ3) is 6.28. The molecular formula is C25H36N2O4. The van der Waals surface area contributed by atoms with Crippen molar-refractivity contribution in [1.29, 1.82) is 0 Å². The van der Waals surface area contributed by atoms with Gasteiger partial charge in [-0.05, 0) is 47.9 Å². The molecule has 1 fully saturated rings. The molecule has 1 aliphatic rings. The van der Waals surface area contributed by atoms with Crippen molar-refractivity contribution in [3.8, 4) is 17.2 Å². The van der Waals surface area contributed by atoms with Crippen LogP contribution in [0.4, 0.5) is 5.69 Å². The van der Waals surface area contributed by atoms with Crippen LogP contribution >= 0.6 is 0 Å². The smallest absolute Gasteiger partial charge is 0.123 e. The van der Waals surface area contributed by atoms with Crippen LogP contribution in [0.1, 0.15) is 26.3 Å². The Balaban J connectivity index is 1.49. The van der Waals surface area contributed by atoms with E-state index in [2.05, 4.69) is 42.7 Å². The molecule has 0 saturated carbocycles. The average molecular weight is 429 g/mol. The summed E-state index contributed by atoms with van der Waals surface area (Å²) in [7, 11) is 3.35. The third-order valence-electron chi connectivity index (χ3n) is 5.70. The number of aliphatic hydroxyl groups excluding tert-OH is 1. The molecule has 0 amide bonds. The van der Waals surface area contributed by atoms with E-state index in [1.807, 2.05) is 30.3 Å². The Hall–Kier alpha value is -2.44. The Morgan fingerprint density at radius 3 is 2.10 bits per heavy atom. The molecule has 6 heteroatoms. The van der Waals surface area contributed by atoms with Gasteiger partial charge in [0.05, 0.1) is 14.2 Å². The molecule has 0 radical (unpaired) electrons. The van der Waals surface area contributed by atoms with E-state index in [-0.39, 0.29) is 12.0 Å². The number of hydrogen-bond acceptors (Lipinski definition) is 6. The molecular weight excluding hydrogens is 392 g/mol. The van der Waals surface area contributed by atoms with E-state index in [4.69, 9.17) is 14.2 Å². The van der Waals surface area contributed by atoms with E-state index in [0.717, 1.165) is 49.0 Å². The summed E-state index contributed by atoms with van der Waals surface area (Å²) in [6.07, 6.45) is -0.539. The van der Waals surface area contributed by atoms with Crippen molar-refractivity contribution in [3.63, 3.8) is 0 Å². The van der Waals surface area contributed by atoms with Crippen molar-refractivity contribution in [1.82, 2.24) is 4.90 Å². The van der Waals surface area contributed by atoms with Crippen LogP contribution in [-0.4, -0.2) is 69.7 Å². The summed E-state index contributed by atoms with van der Waals surface area (Å²) >= 11 is 0. The van der Waals surface area contributed by atoms with Crippen molar-refractivity contribution in [2.75, 3.05) is 58.5 Å². The normalized spacial score (nSPS) is 16.1. The number of anilines is 1. The second-order valence-corrected chi connectivity index (χ2v) is 9.06. The maximum atomic E-state index is 10.6. The molecule has 2 aromatic rings. The number of β-amino-alcohol motifs (C(OH)–C–C–N with tert-alkyl or cyclic N) is 1. The number of benzene rings is 2. The Morgan fingerprint density at radius 2 is 1.52 bits per heavy atom. The van der Waals surface area contributed by atoms with E-state index in [1.54, 1.807) is 14.2 Å². The van der Waals surface area contributed by atoms with Crippen molar-refractivity contribution in [2.45, 2.75) is 32.3 Å². The van der Waals surface area contributed by atoms with Gasteiger partial charge in [-0.2, -0.15) is 0 Å². The molecule has 1 atom stereocenters. The van der Waals surface area contributed by atoms with Crippen LogP contribution < -0.4 is 19.1 Å². The van der Waals surface area contributed by atoms with E-state index in [9.17, 15) is 5.11 Å². The summed E-state index contributed by atoms with van der Waals surface area (Å²) < 4.78 is 16.6. The number of nitrogens with zero attached hydrogens (tertiary/aromatic N) is 2. The quantitative estimate of drug-likeness (QED) is 0.694. The van der Waals surface area contributed by atoms with Gasteiger partial charge in [-0.1, -0.05) is 20.8 Å². The fourth-order valence-electron chi connectivity index (χ4n) is 3.87. The number of hydrogen-bond donors (Lipinski definition) is 1. The molecule has 0 bridgehead atoms. The zero-order valence-corrected chi connectivity index (χ0v) is 19.4. The highest BCUT2D eigenvalue weighted by Gasteiger charge is 2.22. The van der Waals surface area contributed by atoms with Gasteiger partial charge in [0.15, 0.2) is 0 Å². The van der Waals surface area contributed by atoms with Gasteiger partial charge in [-0.25, -0.2) is 0 Å². The molecule has 3 rings (SSSR count). The summed E-state index contributed by atoms with van der Waals surface area (Å²) in [5.74, 6) is 2.49. The molecule has 0 unspecified atom stereocenters. The number of ether oxygens (including phenoxy) is 3. The third-order valence-corrected chi connectivity index (χ3v) is 5.70. The van der Waals surface area contributed by atoms with Gasteiger partial charge >= 0.3 is 0 Å². The number of piperazine rings is 1. The van der Waals surface area contributed by atoms with Crippen LogP contribution in [0.2, 0.25) is 0 Å². The molecule has 0 spiro atoms. The molecule has 6 nitrogen and oxygen atoms in total. The standard InChI is InChI=1S/C25H36N2O4/c1-25(2,3)23-16-22(30-5)10-11-24(23)31-18-20(28)17-26-12-14-27(15-13-26)19-6-8-21(29-4)9-7-19/h6-11,16,20,28H,12-15,17-18H2,1-5H3/t20-/m0/s1. The van der Waals surface area contributed by atoms with Gasteiger partial charge in [0.25, 0.3) is 0 Å². The Labute approximate surface area is 186 Å². The molecule has 0 aromatic heterocycles. The van der Waals surface area contributed by atoms with E-state index >= 15 is 0 Å². The number of aliphatic hydroxyl groups is 1. The predicted octanol–water partition coefficient (Wildman–Crippen LogP) is 3.56.